The molecule has 182 valence electrons. The second-order valence-electron chi connectivity index (χ2n) is 7.68. The highest BCUT2D eigenvalue weighted by Crippen LogP contribution is 2.39. The Bertz CT molecular complexity index is 1440. The summed E-state index contributed by atoms with van der Waals surface area (Å²) in [5.74, 6) is -1.38. The van der Waals surface area contributed by atoms with E-state index in [0.29, 0.717) is 28.2 Å². The van der Waals surface area contributed by atoms with Crippen LogP contribution in [0.25, 0.3) is 33.0 Å². The predicted molar refractivity (Wildman–Crippen MR) is 137 cm³/mol. The minimum Gasteiger partial charge on any atom is -0.366 e. The van der Waals surface area contributed by atoms with Crippen molar-refractivity contribution in [1.29, 1.82) is 0 Å². The van der Waals surface area contributed by atoms with Crippen molar-refractivity contribution in [3.63, 3.8) is 0 Å². The number of carbonyl (C=O) groups is 3. The van der Waals surface area contributed by atoms with Gasteiger partial charge < -0.3 is 22.1 Å². The van der Waals surface area contributed by atoms with Gasteiger partial charge in [0.1, 0.15) is 5.01 Å². The highest BCUT2D eigenvalue weighted by molar-refractivity contribution is 7.13. The van der Waals surface area contributed by atoms with Crippen LogP contribution in [0.3, 0.4) is 0 Å². The summed E-state index contributed by atoms with van der Waals surface area (Å²) < 4.78 is 0. The van der Waals surface area contributed by atoms with Gasteiger partial charge in [0, 0.05) is 52.8 Å². The molecular formula is C25H23N7O3S. The van der Waals surface area contributed by atoms with Crippen LogP contribution in [0.5, 0.6) is 0 Å². The number of amides is 4. The third kappa shape index (κ3) is 5.20. The van der Waals surface area contributed by atoms with Gasteiger partial charge in [0.25, 0.3) is 5.91 Å². The Morgan fingerprint density at radius 2 is 1.75 bits per heavy atom. The van der Waals surface area contributed by atoms with Crippen LogP contribution in [0.1, 0.15) is 33.3 Å². The minimum absolute atomic E-state index is 0.0338. The lowest BCUT2D eigenvalue weighted by Gasteiger charge is -2.16. The van der Waals surface area contributed by atoms with E-state index in [1.807, 2.05) is 35.7 Å². The van der Waals surface area contributed by atoms with Crippen molar-refractivity contribution in [2.24, 2.45) is 11.5 Å². The molecule has 0 saturated heterocycles. The molecule has 6 N–H and O–H groups in total. The van der Waals surface area contributed by atoms with Gasteiger partial charge in [0.05, 0.1) is 29.1 Å². The molecule has 36 heavy (non-hydrogen) atoms. The zero-order valence-corrected chi connectivity index (χ0v) is 20.1. The Morgan fingerprint density at radius 3 is 2.44 bits per heavy atom. The van der Waals surface area contributed by atoms with Gasteiger partial charge in [-0.1, -0.05) is 30.3 Å². The van der Waals surface area contributed by atoms with Gasteiger partial charge in [0.15, 0.2) is 0 Å². The number of pyridine rings is 2. The lowest BCUT2D eigenvalue weighted by atomic mass is 9.95. The fraction of sp³-hybridized carbons (Fsp3) is 0.120. The Balaban J connectivity index is 1.91. The normalized spacial score (nSPS) is 10.6. The second kappa shape index (κ2) is 10.7. The molecule has 0 radical (unpaired) electrons. The number of hydrogen-bond donors (Lipinski definition) is 4. The fourth-order valence-electron chi connectivity index (χ4n) is 3.63. The number of urea groups is 1. The zero-order chi connectivity index (χ0) is 25.7. The monoisotopic (exact) mass is 501 g/mol. The van der Waals surface area contributed by atoms with Gasteiger partial charge >= 0.3 is 6.03 Å². The van der Waals surface area contributed by atoms with E-state index in [0.717, 1.165) is 11.3 Å². The van der Waals surface area contributed by atoms with E-state index in [2.05, 4.69) is 20.6 Å². The first-order chi connectivity index (χ1) is 17.4. The third-order valence-corrected chi connectivity index (χ3v) is 6.14. The number of primary amides is 2. The Morgan fingerprint density at radius 1 is 0.972 bits per heavy atom. The molecule has 4 amide bonds. The minimum atomic E-state index is -0.734. The SMILES string of the molecule is CCNC(=O)NCc1ncc(-c2cncc(C(N)=O)c2)c(-c2nc(-c3ccccc3)cs2)c1C(N)=O. The summed E-state index contributed by atoms with van der Waals surface area (Å²) in [6, 6.07) is 10.8. The van der Waals surface area contributed by atoms with E-state index < -0.39 is 17.8 Å². The summed E-state index contributed by atoms with van der Waals surface area (Å²) in [5, 5.41) is 7.70. The van der Waals surface area contributed by atoms with Crippen LogP contribution in [-0.2, 0) is 6.54 Å². The van der Waals surface area contributed by atoms with E-state index in [1.165, 1.54) is 23.7 Å². The standard InChI is InChI=1S/C25H23N7O3S/c1-2-29-25(35)31-12-18-21(23(27)34)20(24-32-19(13-36-24)14-6-4-3-5-7-14)17(11-30-18)15-8-16(22(26)33)10-28-9-15/h3-11,13H,2,12H2,1H3,(H2,26,33)(H2,27,34)(H2,29,31,35). The van der Waals surface area contributed by atoms with Crippen molar-refractivity contribution in [3.05, 3.63) is 77.2 Å². The zero-order valence-electron chi connectivity index (χ0n) is 19.3. The Hall–Kier alpha value is -4.64. The molecule has 1 aromatic carbocycles. The summed E-state index contributed by atoms with van der Waals surface area (Å²) in [7, 11) is 0. The van der Waals surface area contributed by atoms with E-state index in [9.17, 15) is 14.4 Å². The summed E-state index contributed by atoms with van der Waals surface area (Å²) in [4.78, 5) is 49.8. The molecule has 0 atom stereocenters. The van der Waals surface area contributed by atoms with E-state index in [1.54, 1.807) is 19.2 Å². The lowest BCUT2D eigenvalue weighted by Crippen LogP contribution is -2.35. The molecule has 0 aliphatic carbocycles. The number of rotatable bonds is 8. The van der Waals surface area contributed by atoms with E-state index in [4.69, 9.17) is 16.5 Å². The van der Waals surface area contributed by atoms with Crippen LogP contribution >= 0.6 is 11.3 Å². The van der Waals surface area contributed by atoms with Gasteiger partial charge in [-0.3, -0.25) is 19.6 Å². The number of aromatic nitrogens is 3. The largest absolute Gasteiger partial charge is 0.366 e. The summed E-state index contributed by atoms with van der Waals surface area (Å²) >= 11 is 1.33. The summed E-state index contributed by atoms with van der Waals surface area (Å²) in [6.45, 7) is 2.20. The number of thiazole rings is 1. The van der Waals surface area contributed by atoms with Crippen molar-refractivity contribution >= 4 is 29.2 Å². The smallest absolute Gasteiger partial charge is 0.315 e. The number of carbonyl (C=O) groups excluding carboxylic acids is 3. The molecule has 0 aliphatic rings. The number of nitrogens with zero attached hydrogens (tertiary/aromatic N) is 3. The average Bonchev–Trinajstić information content (AvgIpc) is 3.37. The lowest BCUT2D eigenvalue weighted by molar-refractivity contribution is 0.0991. The highest BCUT2D eigenvalue weighted by Gasteiger charge is 2.24. The third-order valence-electron chi connectivity index (χ3n) is 5.28. The first-order valence-corrected chi connectivity index (χ1v) is 11.9. The maximum absolute atomic E-state index is 12.8. The van der Waals surface area contributed by atoms with Gasteiger partial charge in [-0.05, 0) is 13.0 Å². The molecule has 0 fully saturated rings. The summed E-state index contributed by atoms with van der Waals surface area (Å²) in [5.41, 5.74) is 14.9. The molecule has 3 aromatic heterocycles. The average molecular weight is 502 g/mol. The van der Waals surface area contributed by atoms with Crippen LogP contribution in [-0.4, -0.2) is 39.3 Å². The molecule has 0 unspecified atom stereocenters. The van der Waals surface area contributed by atoms with Crippen LogP contribution in [0.4, 0.5) is 4.79 Å². The number of hydrogen-bond acceptors (Lipinski definition) is 7. The van der Waals surface area contributed by atoms with Gasteiger partial charge in [-0.2, -0.15) is 0 Å². The quantitative estimate of drug-likeness (QED) is 0.290. The molecule has 11 heteroatoms. The van der Waals surface area contributed by atoms with Gasteiger partial charge in [0.2, 0.25) is 5.91 Å². The molecular weight excluding hydrogens is 478 g/mol. The second-order valence-corrected chi connectivity index (χ2v) is 8.53. The Labute approximate surface area is 210 Å². The molecule has 0 saturated carbocycles. The first-order valence-electron chi connectivity index (χ1n) is 11.0. The maximum atomic E-state index is 12.8. The van der Waals surface area contributed by atoms with E-state index in [-0.39, 0.29) is 23.4 Å². The van der Waals surface area contributed by atoms with Crippen molar-refractivity contribution < 1.29 is 14.4 Å². The maximum Gasteiger partial charge on any atom is 0.315 e. The fourth-order valence-corrected chi connectivity index (χ4v) is 4.52. The summed E-state index contributed by atoms with van der Waals surface area (Å²) in [6.07, 6.45) is 4.44. The van der Waals surface area contributed by atoms with Crippen molar-refractivity contribution in [2.75, 3.05) is 6.54 Å². The van der Waals surface area contributed by atoms with Crippen molar-refractivity contribution in [2.45, 2.75) is 13.5 Å². The number of nitrogens with one attached hydrogen (secondary N) is 2. The molecule has 4 aromatic rings. The molecule has 0 aliphatic heterocycles. The van der Waals surface area contributed by atoms with Crippen molar-refractivity contribution in [3.8, 4) is 33.0 Å². The van der Waals surface area contributed by atoms with Crippen LogP contribution < -0.4 is 22.1 Å². The molecule has 3 heterocycles. The van der Waals surface area contributed by atoms with Gasteiger partial charge in [-0.25, -0.2) is 9.78 Å². The Kier molecular flexibility index (Phi) is 7.31. The van der Waals surface area contributed by atoms with Gasteiger partial charge in [-0.15, -0.1) is 11.3 Å². The predicted octanol–water partition coefficient (Wildman–Crippen LogP) is 2.95. The number of nitrogens with two attached hydrogens (primary N) is 2. The molecule has 4 rings (SSSR count). The van der Waals surface area contributed by atoms with Crippen LogP contribution in [0, 0.1) is 0 Å². The van der Waals surface area contributed by atoms with Crippen LogP contribution in [0.2, 0.25) is 0 Å². The molecule has 10 nitrogen and oxygen atoms in total. The van der Waals surface area contributed by atoms with E-state index >= 15 is 0 Å². The first kappa shape index (κ1) is 24.5. The van der Waals surface area contributed by atoms with Crippen LogP contribution in [0.15, 0.2) is 60.4 Å². The molecule has 0 bridgehead atoms. The number of benzene rings is 1. The highest BCUT2D eigenvalue weighted by atomic mass is 32.1. The van der Waals surface area contributed by atoms with Crippen molar-refractivity contribution in [1.82, 2.24) is 25.6 Å². The topological polar surface area (TPSA) is 166 Å². The molecule has 0 spiro atoms.